The summed E-state index contributed by atoms with van der Waals surface area (Å²) in [6.07, 6.45) is 0.875. The molecule has 3 rings (SSSR count). The first-order valence-corrected chi connectivity index (χ1v) is 11.7. The summed E-state index contributed by atoms with van der Waals surface area (Å²) in [5.41, 5.74) is 0.0286. The lowest BCUT2D eigenvalue weighted by Crippen LogP contribution is -2.15. The van der Waals surface area contributed by atoms with Crippen LogP contribution in [-0.4, -0.2) is 44.7 Å². The summed E-state index contributed by atoms with van der Waals surface area (Å²) in [4.78, 5) is 10.3. The zero-order chi connectivity index (χ0) is 21.6. The van der Waals surface area contributed by atoms with E-state index in [-0.39, 0.29) is 31.6 Å². The van der Waals surface area contributed by atoms with Crippen LogP contribution < -0.4 is 4.74 Å². The van der Waals surface area contributed by atoms with Gasteiger partial charge < -0.3 is 9.84 Å². The number of methoxy groups -OCH3 is 1. The molecule has 1 N–H and O–H groups in total. The van der Waals surface area contributed by atoms with Crippen molar-refractivity contribution in [2.24, 2.45) is 0 Å². The SMILES string of the molecule is COc1ccc2c(c1)c(S(=O)(=O)CC(=O)O)cn2S(=O)(=O)c1ccc(Cl)c(Cl)c1. The van der Waals surface area contributed by atoms with Crippen LogP contribution >= 0.6 is 23.2 Å². The van der Waals surface area contributed by atoms with Crippen molar-refractivity contribution in [2.45, 2.75) is 9.79 Å². The van der Waals surface area contributed by atoms with Crippen LogP contribution in [0.5, 0.6) is 5.75 Å². The zero-order valence-corrected chi connectivity index (χ0v) is 17.8. The van der Waals surface area contributed by atoms with Gasteiger partial charge in [-0.15, -0.1) is 0 Å². The molecule has 0 aliphatic rings. The van der Waals surface area contributed by atoms with E-state index in [0.717, 1.165) is 16.2 Å². The van der Waals surface area contributed by atoms with E-state index in [1.54, 1.807) is 0 Å². The molecule has 0 aliphatic carbocycles. The molecule has 2 aromatic carbocycles. The second-order valence-corrected chi connectivity index (χ2v) is 10.5. The number of nitrogens with zero attached hydrogens (tertiary/aromatic N) is 1. The monoisotopic (exact) mass is 477 g/mol. The zero-order valence-electron chi connectivity index (χ0n) is 14.7. The number of carboxylic acid groups (broad SMARTS) is 1. The Morgan fingerprint density at radius 1 is 1.07 bits per heavy atom. The number of ether oxygens (including phenoxy) is 1. The first-order chi connectivity index (χ1) is 13.5. The first-order valence-electron chi connectivity index (χ1n) is 7.81. The molecule has 29 heavy (non-hydrogen) atoms. The minimum Gasteiger partial charge on any atom is -0.497 e. The molecule has 3 aromatic rings. The van der Waals surface area contributed by atoms with Gasteiger partial charge in [-0.3, -0.25) is 4.79 Å². The second kappa shape index (κ2) is 7.52. The Labute approximate surface area is 176 Å². The van der Waals surface area contributed by atoms with Crippen LogP contribution in [0, 0.1) is 0 Å². The normalized spacial score (nSPS) is 12.2. The fourth-order valence-corrected chi connectivity index (χ4v) is 5.79. The number of sulfone groups is 1. The van der Waals surface area contributed by atoms with Crippen molar-refractivity contribution in [1.82, 2.24) is 3.97 Å². The summed E-state index contributed by atoms with van der Waals surface area (Å²) >= 11 is 11.8. The highest BCUT2D eigenvalue weighted by Gasteiger charge is 2.29. The van der Waals surface area contributed by atoms with Gasteiger partial charge in [0.15, 0.2) is 15.6 Å². The molecular weight excluding hydrogens is 465 g/mol. The van der Waals surface area contributed by atoms with Crippen LogP contribution in [0.4, 0.5) is 0 Å². The van der Waals surface area contributed by atoms with Crippen molar-refractivity contribution in [3.63, 3.8) is 0 Å². The Balaban J connectivity index is 2.34. The van der Waals surface area contributed by atoms with E-state index >= 15 is 0 Å². The number of carboxylic acids is 1. The van der Waals surface area contributed by atoms with Crippen LogP contribution in [0.25, 0.3) is 10.9 Å². The minimum absolute atomic E-state index is 0.00425. The number of halogens is 2. The highest BCUT2D eigenvalue weighted by molar-refractivity contribution is 7.92. The molecule has 0 radical (unpaired) electrons. The molecule has 0 amide bonds. The predicted octanol–water partition coefficient (Wildman–Crippen LogP) is 3.05. The number of hydrogen-bond acceptors (Lipinski definition) is 6. The number of fused-ring (bicyclic) bond motifs is 1. The summed E-state index contributed by atoms with van der Waals surface area (Å²) in [6.45, 7) is 0. The molecule has 0 bridgehead atoms. The summed E-state index contributed by atoms with van der Waals surface area (Å²) in [6, 6.07) is 7.81. The first kappa shape index (κ1) is 21.4. The van der Waals surface area contributed by atoms with Crippen molar-refractivity contribution < 1.29 is 31.5 Å². The van der Waals surface area contributed by atoms with E-state index in [4.69, 9.17) is 33.0 Å². The third-order valence-corrected chi connectivity index (χ3v) is 8.07. The highest BCUT2D eigenvalue weighted by Crippen LogP contribution is 2.33. The molecular formula is C17H13Cl2NO7S2. The molecule has 12 heteroatoms. The van der Waals surface area contributed by atoms with Crippen LogP contribution in [-0.2, 0) is 24.7 Å². The van der Waals surface area contributed by atoms with Gasteiger partial charge in [-0.1, -0.05) is 23.2 Å². The van der Waals surface area contributed by atoms with Gasteiger partial charge in [0, 0.05) is 11.6 Å². The summed E-state index contributed by atoms with van der Waals surface area (Å²) in [5.74, 6) is -2.49. The Hall–Kier alpha value is -2.27. The number of aliphatic carboxylic acids is 1. The summed E-state index contributed by atoms with van der Waals surface area (Å²) in [7, 11) is -7.25. The minimum atomic E-state index is -4.34. The maximum Gasteiger partial charge on any atom is 0.319 e. The number of aromatic nitrogens is 1. The summed E-state index contributed by atoms with van der Waals surface area (Å²) in [5, 5.41) is 9.09. The van der Waals surface area contributed by atoms with Crippen molar-refractivity contribution in [3.8, 4) is 5.75 Å². The third kappa shape index (κ3) is 3.93. The maximum atomic E-state index is 13.1. The standard InChI is InChI=1S/C17H13Cl2NO7S2/c1-27-10-2-5-15-12(6-10)16(28(23,24)9-17(21)22)8-20(15)29(25,26)11-3-4-13(18)14(19)7-11/h2-8H,9H2,1H3,(H,21,22). The maximum absolute atomic E-state index is 13.1. The molecule has 154 valence electrons. The van der Waals surface area contributed by atoms with Gasteiger partial charge in [0.25, 0.3) is 10.0 Å². The Morgan fingerprint density at radius 3 is 2.34 bits per heavy atom. The van der Waals surface area contributed by atoms with E-state index < -0.39 is 36.5 Å². The smallest absolute Gasteiger partial charge is 0.319 e. The Morgan fingerprint density at radius 2 is 1.76 bits per heavy atom. The van der Waals surface area contributed by atoms with E-state index in [2.05, 4.69) is 0 Å². The second-order valence-electron chi connectivity index (χ2n) is 5.91. The van der Waals surface area contributed by atoms with Gasteiger partial charge in [-0.25, -0.2) is 20.8 Å². The quantitative estimate of drug-likeness (QED) is 0.578. The molecule has 0 aliphatic heterocycles. The topological polar surface area (TPSA) is 120 Å². The Kier molecular flexibility index (Phi) is 5.56. The average Bonchev–Trinajstić information content (AvgIpc) is 3.03. The largest absolute Gasteiger partial charge is 0.497 e. The van der Waals surface area contributed by atoms with Crippen LogP contribution in [0.2, 0.25) is 10.0 Å². The number of hydrogen-bond donors (Lipinski definition) is 1. The van der Waals surface area contributed by atoms with E-state index in [9.17, 15) is 21.6 Å². The van der Waals surface area contributed by atoms with Crippen molar-refractivity contribution in [1.29, 1.82) is 0 Å². The molecule has 0 saturated carbocycles. The van der Waals surface area contributed by atoms with E-state index in [1.165, 1.54) is 37.4 Å². The van der Waals surface area contributed by atoms with Crippen LogP contribution in [0.3, 0.4) is 0 Å². The fourth-order valence-electron chi connectivity index (χ4n) is 2.72. The molecule has 0 atom stereocenters. The van der Waals surface area contributed by atoms with Crippen molar-refractivity contribution >= 4 is 59.9 Å². The predicted molar refractivity (Wildman–Crippen MR) is 107 cm³/mol. The molecule has 0 unspecified atom stereocenters. The van der Waals surface area contributed by atoms with Gasteiger partial charge in [-0.2, -0.15) is 0 Å². The van der Waals surface area contributed by atoms with Crippen molar-refractivity contribution in [2.75, 3.05) is 12.9 Å². The lowest BCUT2D eigenvalue weighted by atomic mass is 10.2. The average molecular weight is 478 g/mol. The van der Waals surface area contributed by atoms with Crippen molar-refractivity contribution in [3.05, 3.63) is 52.6 Å². The van der Waals surface area contributed by atoms with Gasteiger partial charge in [0.2, 0.25) is 0 Å². The summed E-state index contributed by atoms with van der Waals surface area (Å²) < 4.78 is 57.3. The number of carbonyl (C=O) groups is 1. The lowest BCUT2D eigenvalue weighted by Gasteiger charge is -2.09. The highest BCUT2D eigenvalue weighted by atomic mass is 35.5. The van der Waals surface area contributed by atoms with Gasteiger partial charge in [0.1, 0.15) is 5.75 Å². The van der Waals surface area contributed by atoms with E-state index in [1.807, 2.05) is 0 Å². The van der Waals surface area contributed by atoms with Crippen LogP contribution in [0.15, 0.2) is 52.4 Å². The molecule has 0 fully saturated rings. The molecule has 0 spiro atoms. The number of rotatable bonds is 6. The molecule has 0 saturated heterocycles. The van der Waals surface area contributed by atoms with Gasteiger partial charge >= 0.3 is 5.97 Å². The van der Waals surface area contributed by atoms with E-state index in [0.29, 0.717) is 0 Å². The van der Waals surface area contributed by atoms with Gasteiger partial charge in [0.05, 0.1) is 32.5 Å². The molecule has 1 aromatic heterocycles. The molecule has 8 nitrogen and oxygen atoms in total. The van der Waals surface area contributed by atoms with Crippen LogP contribution in [0.1, 0.15) is 0 Å². The lowest BCUT2D eigenvalue weighted by molar-refractivity contribution is -0.134. The molecule has 1 heterocycles. The fraction of sp³-hybridized carbons (Fsp3) is 0.118. The number of benzene rings is 2. The third-order valence-electron chi connectivity index (χ3n) is 4.04. The van der Waals surface area contributed by atoms with Gasteiger partial charge in [-0.05, 0) is 36.4 Å². The Bertz CT molecular complexity index is 1350.